The second-order valence-electron chi connectivity index (χ2n) is 8.19. The monoisotopic (exact) mass is 461 g/mol. The molecule has 2 aromatic carbocycles. The van der Waals surface area contributed by atoms with Crippen molar-refractivity contribution in [2.24, 2.45) is 0 Å². The number of carbonyl (C=O) groups excluding carboxylic acids is 1. The molecular formula is C23H23F4N5O. The fourth-order valence-electron chi connectivity index (χ4n) is 4.01. The summed E-state index contributed by atoms with van der Waals surface area (Å²) in [5.41, 5.74) is 0.255. The van der Waals surface area contributed by atoms with E-state index < -0.39 is 29.3 Å². The minimum absolute atomic E-state index is 0.0419. The van der Waals surface area contributed by atoms with Gasteiger partial charge < -0.3 is 5.32 Å². The lowest BCUT2D eigenvalue weighted by Gasteiger charge is -2.32. The number of amides is 1. The summed E-state index contributed by atoms with van der Waals surface area (Å²) >= 11 is 0. The normalized spacial score (nSPS) is 15.5. The molecule has 1 aromatic heterocycles. The number of likely N-dealkylation sites (tertiary alicyclic amines) is 1. The molecule has 10 heteroatoms. The summed E-state index contributed by atoms with van der Waals surface area (Å²) in [5, 5.41) is 9.69. The highest BCUT2D eigenvalue weighted by Crippen LogP contribution is 2.33. The molecule has 0 spiro atoms. The van der Waals surface area contributed by atoms with Crippen LogP contribution in [0, 0.1) is 12.7 Å². The largest absolute Gasteiger partial charge is 0.435 e. The van der Waals surface area contributed by atoms with E-state index in [0.717, 1.165) is 30.8 Å². The molecule has 174 valence electrons. The van der Waals surface area contributed by atoms with E-state index >= 15 is 0 Å². The van der Waals surface area contributed by atoms with Crippen LogP contribution in [0.15, 0.2) is 48.5 Å². The summed E-state index contributed by atoms with van der Waals surface area (Å²) in [4.78, 5) is 14.9. The summed E-state index contributed by atoms with van der Waals surface area (Å²) in [6.45, 7) is 4.25. The molecule has 1 fully saturated rings. The molecule has 6 nitrogen and oxygen atoms in total. The standard InChI is InChI=1S/C23H23F4N5O/c1-15-3-2-4-16(13-15)14-31-11-9-18(10-12-31)28-22(33)20-21(23(25,26)27)32(30-29-20)19-7-5-17(24)6-8-19/h2-8,13,18H,9-12,14H2,1H3,(H,28,33). The van der Waals surface area contributed by atoms with Gasteiger partial charge in [0.25, 0.3) is 5.91 Å². The molecule has 0 atom stereocenters. The fraction of sp³-hybridized carbons (Fsp3) is 0.348. The highest BCUT2D eigenvalue weighted by molar-refractivity contribution is 5.93. The molecule has 2 heterocycles. The molecule has 0 unspecified atom stereocenters. The molecule has 1 saturated heterocycles. The van der Waals surface area contributed by atoms with Gasteiger partial charge in [-0.2, -0.15) is 13.2 Å². The lowest BCUT2D eigenvalue weighted by Crippen LogP contribution is -2.44. The Morgan fingerprint density at radius 3 is 2.45 bits per heavy atom. The molecule has 4 rings (SSSR count). The van der Waals surface area contributed by atoms with Crippen molar-refractivity contribution in [3.63, 3.8) is 0 Å². The fourth-order valence-corrected chi connectivity index (χ4v) is 4.01. The van der Waals surface area contributed by atoms with Crippen LogP contribution in [-0.2, 0) is 12.7 Å². The Balaban J connectivity index is 1.43. The first-order valence-corrected chi connectivity index (χ1v) is 10.6. The molecule has 1 aliphatic heterocycles. The van der Waals surface area contributed by atoms with Crippen molar-refractivity contribution in [3.05, 3.63) is 76.9 Å². The number of piperidine rings is 1. The number of aromatic nitrogens is 3. The molecule has 0 radical (unpaired) electrons. The minimum Gasteiger partial charge on any atom is -0.348 e. The summed E-state index contributed by atoms with van der Waals surface area (Å²) in [5.74, 6) is -1.52. The predicted octanol–water partition coefficient (Wildman–Crippen LogP) is 4.13. The van der Waals surface area contributed by atoms with Crippen molar-refractivity contribution in [2.75, 3.05) is 13.1 Å². The van der Waals surface area contributed by atoms with Crippen LogP contribution in [0.2, 0.25) is 0 Å². The van der Waals surface area contributed by atoms with Crippen LogP contribution in [0.5, 0.6) is 0 Å². The van der Waals surface area contributed by atoms with Gasteiger partial charge >= 0.3 is 6.18 Å². The van der Waals surface area contributed by atoms with Crippen LogP contribution in [0.25, 0.3) is 5.69 Å². The Hall–Kier alpha value is -3.27. The second kappa shape index (κ2) is 9.30. The van der Waals surface area contributed by atoms with Crippen LogP contribution in [0.4, 0.5) is 17.6 Å². The number of nitrogens with zero attached hydrogens (tertiary/aromatic N) is 4. The van der Waals surface area contributed by atoms with Crippen LogP contribution < -0.4 is 5.32 Å². The number of carbonyl (C=O) groups is 1. The van der Waals surface area contributed by atoms with E-state index in [0.29, 0.717) is 30.6 Å². The first-order valence-electron chi connectivity index (χ1n) is 10.6. The third-order valence-corrected chi connectivity index (χ3v) is 5.64. The predicted molar refractivity (Wildman–Crippen MR) is 113 cm³/mol. The van der Waals surface area contributed by atoms with Gasteiger partial charge in [0, 0.05) is 25.7 Å². The minimum atomic E-state index is -4.87. The zero-order valence-electron chi connectivity index (χ0n) is 17.9. The van der Waals surface area contributed by atoms with Gasteiger partial charge in [0.05, 0.1) is 5.69 Å². The Morgan fingerprint density at radius 2 is 1.82 bits per heavy atom. The van der Waals surface area contributed by atoms with Crippen molar-refractivity contribution in [1.82, 2.24) is 25.2 Å². The van der Waals surface area contributed by atoms with Gasteiger partial charge in [0.1, 0.15) is 5.82 Å². The Bertz CT molecular complexity index is 1120. The van der Waals surface area contributed by atoms with Gasteiger partial charge in [-0.05, 0) is 49.6 Å². The molecule has 0 aliphatic carbocycles. The maximum absolute atomic E-state index is 13.8. The van der Waals surface area contributed by atoms with Gasteiger partial charge in [-0.3, -0.25) is 9.69 Å². The first-order chi connectivity index (χ1) is 15.7. The number of aryl methyl sites for hydroxylation is 1. The summed E-state index contributed by atoms with van der Waals surface area (Å²) in [7, 11) is 0. The summed E-state index contributed by atoms with van der Waals surface area (Å²) in [6, 6.07) is 12.3. The van der Waals surface area contributed by atoms with Crippen molar-refractivity contribution in [2.45, 2.75) is 38.5 Å². The lowest BCUT2D eigenvalue weighted by molar-refractivity contribution is -0.143. The van der Waals surface area contributed by atoms with E-state index in [1.54, 1.807) is 0 Å². The van der Waals surface area contributed by atoms with Crippen molar-refractivity contribution < 1.29 is 22.4 Å². The van der Waals surface area contributed by atoms with Gasteiger partial charge in [0.2, 0.25) is 0 Å². The third kappa shape index (κ3) is 5.39. The highest BCUT2D eigenvalue weighted by Gasteiger charge is 2.42. The van der Waals surface area contributed by atoms with Gasteiger partial charge in [-0.15, -0.1) is 5.10 Å². The molecule has 0 bridgehead atoms. The van der Waals surface area contributed by atoms with E-state index in [-0.39, 0.29) is 11.7 Å². The Morgan fingerprint density at radius 1 is 1.12 bits per heavy atom. The Labute approximate surface area is 188 Å². The van der Waals surface area contributed by atoms with Gasteiger partial charge in [0.15, 0.2) is 11.4 Å². The summed E-state index contributed by atoms with van der Waals surface area (Å²) < 4.78 is 55.0. The smallest absolute Gasteiger partial charge is 0.348 e. The third-order valence-electron chi connectivity index (χ3n) is 5.64. The number of hydrogen-bond acceptors (Lipinski definition) is 4. The highest BCUT2D eigenvalue weighted by atomic mass is 19.4. The van der Waals surface area contributed by atoms with E-state index in [4.69, 9.17) is 0 Å². The van der Waals surface area contributed by atoms with Crippen LogP contribution >= 0.6 is 0 Å². The molecular weight excluding hydrogens is 438 g/mol. The first kappa shape index (κ1) is 22.9. The number of alkyl halides is 3. The SMILES string of the molecule is Cc1cccc(CN2CCC(NC(=O)c3nnn(-c4ccc(F)cc4)c3C(F)(F)F)CC2)c1. The number of rotatable bonds is 5. The van der Waals surface area contributed by atoms with Gasteiger partial charge in [-0.1, -0.05) is 35.0 Å². The molecule has 3 aromatic rings. The van der Waals surface area contributed by atoms with E-state index in [2.05, 4.69) is 32.7 Å². The molecule has 1 amide bonds. The molecule has 33 heavy (non-hydrogen) atoms. The summed E-state index contributed by atoms with van der Waals surface area (Å²) in [6.07, 6.45) is -3.64. The maximum atomic E-state index is 13.8. The number of halogens is 4. The van der Waals surface area contributed by atoms with Crippen LogP contribution in [0.3, 0.4) is 0 Å². The van der Waals surface area contributed by atoms with Crippen LogP contribution in [0.1, 0.15) is 40.2 Å². The molecule has 0 saturated carbocycles. The molecule has 1 N–H and O–H groups in total. The number of nitrogens with one attached hydrogen (secondary N) is 1. The van der Waals surface area contributed by atoms with E-state index in [1.165, 1.54) is 11.1 Å². The average molecular weight is 461 g/mol. The lowest BCUT2D eigenvalue weighted by atomic mass is 10.0. The van der Waals surface area contributed by atoms with Crippen molar-refractivity contribution in [1.29, 1.82) is 0 Å². The quantitative estimate of drug-likeness (QED) is 0.581. The number of hydrogen-bond donors (Lipinski definition) is 1. The maximum Gasteiger partial charge on any atom is 0.435 e. The zero-order chi connectivity index (χ0) is 23.6. The second-order valence-corrected chi connectivity index (χ2v) is 8.19. The van der Waals surface area contributed by atoms with Gasteiger partial charge in [-0.25, -0.2) is 9.07 Å². The topological polar surface area (TPSA) is 63.1 Å². The Kier molecular flexibility index (Phi) is 6.46. The average Bonchev–Trinajstić information content (AvgIpc) is 3.22. The van der Waals surface area contributed by atoms with E-state index in [9.17, 15) is 22.4 Å². The van der Waals surface area contributed by atoms with Crippen LogP contribution in [-0.4, -0.2) is 44.9 Å². The van der Waals surface area contributed by atoms with Crippen molar-refractivity contribution in [3.8, 4) is 5.69 Å². The molecule has 1 aliphatic rings. The van der Waals surface area contributed by atoms with E-state index in [1.807, 2.05) is 19.1 Å². The zero-order valence-corrected chi connectivity index (χ0v) is 17.9. The van der Waals surface area contributed by atoms with Crippen molar-refractivity contribution >= 4 is 5.91 Å². The number of benzene rings is 2.